The highest BCUT2D eigenvalue weighted by molar-refractivity contribution is 7.97. The van der Waals surface area contributed by atoms with Gasteiger partial charge in [-0.1, -0.05) is 12.1 Å². The third kappa shape index (κ3) is 1.08. The van der Waals surface area contributed by atoms with Crippen molar-refractivity contribution in [2.24, 2.45) is 8.80 Å². The van der Waals surface area contributed by atoms with Crippen molar-refractivity contribution in [3.05, 3.63) is 41.7 Å². The quantitative estimate of drug-likeness (QED) is 0.605. The van der Waals surface area contributed by atoms with Gasteiger partial charge in [0.15, 0.2) is 0 Å². The van der Waals surface area contributed by atoms with Crippen LogP contribution in [0.4, 0.5) is 0 Å². The van der Waals surface area contributed by atoms with Gasteiger partial charge in [0.25, 0.3) is 0 Å². The summed E-state index contributed by atoms with van der Waals surface area (Å²) in [5.74, 6) is 0.853. The molecule has 3 nitrogen and oxygen atoms in total. The average Bonchev–Trinajstić information content (AvgIpc) is 2.29. The van der Waals surface area contributed by atoms with E-state index in [9.17, 15) is 0 Å². The minimum Gasteiger partial charge on any atom is -0.464 e. The van der Waals surface area contributed by atoms with Gasteiger partial charge < -0.3 is 4.74 Å². The van der Waals surface area contributed by atoms with Crippen LogP contribution in [-0.2, 0) is 0 Å². The molecule has 1 aromatic carbocycles. The highest BCUT2D eigenvalue weighted by atomic mass is 32.2. The Morgan fingerprint density at radius 3 is 3.14 bits per heavy atom. The summed E-state index contributed by atoms with van der Waals surface area (Å²) in [6.45, 7) is 0. The molecule has 3 rings (SSSR count). The molecule has 0 unspecified atom stereocenters. The molecule has 2 heterocycles. The van der Waals surface area contributed by atoms with Gasteiger partial charge in [-0.05, 0) is 12.1 Å². The van der Waals surface area contributed by atoms with Crippen molar-refractivity contribution in [3.63, 3.8) is 0 Å². The predicted molar refractivity (Wildman–Crippen MR) is 57.8 cm³/mol. The van der Waals surface area contributed by atoms with Crippen LogP contribution in [0, 0.1) is 0 Å². The normalized spacial score (nSPS) is 17.4. The lowest BCUT2D eigenvalue weighted by Gasteiger charge is -2.17. The first kappa shape index (κ1) is 7.82. The maximum atomic E-state index is 5.45. The van der Waals surface area contributed by atoms with Crippen molar-refractivity contribution in [1.82, 2.24) is 0 Å². The van der Waals surface area contributed by atoms with E-state index in [1.807, 2.05) is 24.3 Å². The van der Waals surface area contributed by atoms with Crippen LogP contribution in [0.25, 0.3) is 0 Å². The smallest absolute Gasteiger partial charge is 0.135 e. The van der Waals surface area contributed by atoms with Crippen molar-refractivity contribution in [3.8, 4) is 5.75 Å². The molecule has 2 aliphatic heterocycles. The second kappa shape index (κ2) is 2.99. The molecule has 0 aromatic heterocycles. The highest BCUT2D eigenvalue weighted by Crippen LogP contribution is 2.29. The molecule has 0 radical (unpaired) electrons. The monoisotopic (exact) mass is 202 g/mol. The SMILES string of the molecule is C1=NSN=C2C1=COc1ccccc12. The fourth-order valence-electron chi connectivity index (χ4n) is 1.44. The third-order valence-electron chi connectivity index (χ3n) is 2.10. The number of hydrogen-bond donors (Lipinski definition) is 0. The van der Waals surface area contributed by atoms with Gasteiger partial charge in [0, 0.05) is 11.8 Å². The molecule has 0 atom stereocenters. The van der Waals surface area contributed by atoms with E-state index in [2.05, 4.69) is 8.80 Å². The van der Waals surface area contributed by atoms with E-state index in [-0.39, 0.29) is 0 Å². The maximum absolute atomic E-state index is 5.45. The van der Waals surface area contributed by atoms with Crippen LogP contribution < -0.4 is 4.74 Å². The summed E-state index contributed by atoms with van der Waals surface area (Å²) >= 11 is 1.21. The Bertz CT molecular complexity index is 477. The molecule has 14 heavy (non-hydrogen) atoms. The molecule has 0 aliphatic carbocycles. The fourth-order valence-corrected chi connectivity index (χ4v) is 1.93. The van der Waals surface area contributed by atoms with Gasteiger partial charge in [0.1, 0.15) is 24.1 Å². The third-order valence-corrected chi connectivity index (χ3v) is 2.56. The molecule has 1 aromatic rings. The number of ether oxygens (including phenoxy) is 1. The Morgan fingerprint density at radius 2 is 2.14 bits per heavy atom. The lowest BCUT2D eigenvalue weighted by Crippen LogP contribution is -2.14. The van der Waals surface area contributed by atoms with Gasteiger partial charge in [0.05, 0.1) is 11.3 Å². The minimum atomic E-state index is 0.853. The van der Waals surface area contributed by atoms with Gasteiger partial charge in [-0.25, -0.2) is 4.40 Å². The first-order valence-corrected chi connectivity index (χ1v) is 4.92. The van der Waals surface area contributed by atoms with Crippen molar-refractivity contribution in [2.45, 2.75) is 0 Å². The summed E-state index contributed by atoms with van der Waals surface area (Å²) in [5, 5.41) is 0. The first-order valence-electron chi connectivity index (χ1n) is 4.19. The molecule has 0 N–H and O–H groups in total. The summed E-state index contributed by atoms with van der Waals surface area (Å²) in [4.78, 5) is 0. The molecule has 2 aliphatic rings. The van der Waals surface area contributed by atoms with Gasteiger partial charge >= 0.3 is 0 Å². The van der Waals surface area contributed by atoms with Gasteiger partial charge in [-0.15, -0.1) is 0 Å². The zero-order chi connectivity index (χ0) is 9.38. The summed E-state index contributed by atoms with van der Waals surface area (Å²) in [7, 11) is 0. The van der Waals surface area contributed by atoms with E-state index in [4.69, 9.17) is 4.74 Å². The zero-order valence-corrected chi connectivity index (χ0v) is 7.99. The summed E-state index contributed by atoms with van der Waals surface area (Å²) < 4.78 is 13.7. The number of fused-ring (bicyclic) bond motifs is 3. The Hall–Kier alpha value is -1.55. The maximum Gasteiger partial charge on any atom is 0.135 e. The van der Waals surface area contributed by atoms with E-state index in [0.717, 1.165) is 22.6 Å². The van der Waals surface area contributed by atoms with Crippen LogP contribution in [0.5, 0.6) is 5.75 Å². The number of nitrogens with zero attached hydrogens (tertiary/aromatic N) is 2. The number of benzene rings is 1. The Kier molecular flexibility index (Phi) is 1.67. The second-order valence-corrected chi connectivity index (χ2v) is 3.50. The predicted octanol–water partition coefficient (Wildman–Crippen LogP) is 2.40. The largest absolute Gasteiger partial charge is 0.464 e. The Labute approximate surface area is 85.5 Å². The first-order chi connectivity index (χ1) is 6.95. The molecular formula is C10H6N2OS. The Balaban J connectivity index is 2.20. The molecule has 68 valence electrons. The highest BCUT2D eigenvalue weighted by Gasteiger charge is 2.20. The van der Waals surface area contributed by atoms with Crippen LogP contribution >= 0.6 is 12.1 Å². The van der Waals surface area contributed by atoms with E-state index >= 15 is 0 Å². The minimum absolute atomic E-state index is 0.853. The number of rotatable bonds is 0. The summed E-state index contributed by atoms with van der Waals surface area (Å²) in [5.41, 5.74) is 2.91. The van der Waals surface area contributed by atoms with Crippen LogP contribution in [0.3, 0.4) is 0 Å². The molecule has 0 amide bonds. The van der Waals surface area contributed by atoms with Crippen LogP contribution in [0.1, 0.15) is 5.56 Å². The average molecular weight is 202 g/mol. The second-order valence-electron chi connectivity index (χ2n) is 2.94. The molecule has 0 spiro atoms. The van der Waals surface area contributed by atoms with Gasteiger partial charge in [-0.2, -0.15) is 4.40 Å². The molecule has 0 saturated carbocycles. The molecule has 0 saturated heterocycles. The molecule has 0 bridgehead atoms. The van der Waals surface area contributed by atoms with Crippen LogP contribution in [0.2, 0.25) is 0 Å². The van der Waals surface area contributed by atoms with Crippen molar-refractivity contribution >= 4 is 24.1 Å². The number of hydrogen-bond acceptors (Lipinski definition) is 4. The molecular weight excluding hydrogens is 196 g/mol. The topological polar surface area (TPSA) is 34.0 Å². The van der Waals surface area contributed by atoms with E-state index in [1.165, 1.54) is 12.1 Å². The van der Waals surface area contributed by atoms with Gasteiger partial charge in [-0.3, -0.25) is 0 Å². The van der Waals surface area contributed by atoms with Crippen molar-refractivity contribution < 1.29 is 4.74 Å². The standard InChI is InChI=1S/C10H6N2OS/c1-2-4-9-8(3-1)10-7(6-13-9)5-11-14-12-10/h1-6H. The fraction of sp³-hybridized carbons (Fsp3) is 0. The summed E-state index contributed by atoms with van der Waals surface area (Å²) in [6.07, 6.45) is 3.45. The molecule has 0 fully saturated rings. The van der Waals surface area contributed by atoms with Crippen LogP contribution in [0.15, 0.2) is 44.9 Å². The van der Waals surface area contributed by atoms with E-state index in [0.29, 0.717) is 0 Å². The summed E-state index contributed by atoms with van der Waals surface area (Å²) in [6, 6.07) is 7.86. The lowest BCUT2D eigenvalue weighted by atomic mass is 10.0. The van der Waals surface area contributed by atoms with E-state index < -0.39 is 0 Å². The zero-order valence-electron chi connectivity index (χ0n) is 7.18. The lowest BCUT2D eigenvalue weighted by molar-refractivity contribution is 0.475. The van der Waals surface area contributed by atoms with E-state index in [1.54, 1.807) is 12.5 Å². The van der Waals surface area contributed by atoms with Gasteiger partial charge in [0.2, 0.25) is 0 Å². The van der Waals surface area contributed by atoms with Crippen molar-refractivity contribution in [2.75, 3.05) is 0 Å². The number of para-hydroxylation sites is 1. The molecule has 4 heteroatoms. The van der Waals surface area contributed by atoms with Crippen LogP contribution in [-0.4, -0.2) is 11.9 Å². The number of allylic oxidation sites excluding steroid dienone is 1. The van der Waals surface area contributed by atoms with Crippen molar-refractivity contribution in [1.29, 1.82) is 0 Å². The Morgan fingerprint density at radius 1 is 1.21 bits per heavy atom.